The Labute approximate surface area is 119 Å². The van der Waals surface area contributed by atoms with E-state index in [4.69, 9.17) is 11.6 Å². The minimum atomic E-state index is -0.474. The van der Waals surface area contributed by atoms with Gasteiger partial charge < -0.3 is 5.32 Å². The number of nitrogens with one attached hydrogen (secondary N) is 1. The van der Waals surface area contributed by atoms with Gasteiger partial charge in [0.15, 0.2) is 0 Å². The number of rotatable bonds is 4. The third-order valence-electron chi connectivity index (χ3n) is 2.55. The van der Waals surface area contributed by atoms with Crippen LogP contribution >= 0.6 is 11.6 Å². The van der Waals surface area contributed by atoms with E-state index in [1.165, 1.54) is 12.1 Å². The van der Waals surface area contributed by atoms with E-state index in [-0.39, 0.29) is 29.0 Å². The lowest BCUT2D eigenvalue weighted by Gasteiger charge is -2.05. The minimum Gasteiger partial charge on any atom is -0.347 e. The Kier molecular flexibility index (Phi) is 4.27. The van der Waals surface area contributed by atoms with E-state index in [1.54, 1.807) is 30.3 Å². The molecule has 0 saturated heterocycles. The van der Waals surface area contributed by atoms with Crippen LogP contribution in [0.1, 0.15) is 16.1 Å². The first-order chi connectivity index (χ1) is 9.56. The van der Waals surface area contributed by atoms with Crippen LogP contribution in [0, 0.1) is 10.1 Å². The van der Waals surface area contributed by atoms with Gasteiger partial charge in [0.2, 0.25) is 0 Å². The summed E-state index contributed by atoms with van der Waals surface area (Å²) in [4.78, 5) is 25.7. The summed E-state index contributed by atoms with van der Waals surface area (Å²) >= 11 is 5.70. The van der Waals surface area contributed by atoms with Crippen molar-refractivity contribution >= 4 is 23.2 Å². The fourth-order valence-electron chi connectivity index (χ4n) is 1.54. The van der Waals surface area contributed by atoms with Gasteiger partial charge in [-0.25, -0.2) is 4.98 Å². The SMILES string of the molecule is O=C(NCc1ccc([N+](=O)[O-])cc1)c1cccc(Cl)n1. The highest BCUT2D eigenvalue weighted by Crippen LogP contribution is 2.12. The Morgan fingerprint density at radius 3 is 2.55 bits per heavy atom. The van der Waals surface area contributed by atoms with Gasteiger partial charge in [0.05, 0.1) is 4.92 Å². The summed E-state index contributed by atoms with van der Waals surface area (Å²) < 4.78 is 0. The Hall–Kier alpha value is -2.47. The Morgan fingerprint density at radius 1 is 1.25 bits per heavy atom. The van der Waals surface area contributed by atoms with Crippen LogP contribution in [0.5, 0.6) is 0 Å². The molecule has 0 unspecified atom stereocenters. The smallest absolute Gasteiger partial charge is 0.270 e. The van der Waals surface area contributed by atoms with E-state index >= 15 is 0 Å². The topological polar surface area (TPSA) is 85.1 Å². The molecule has 0 spiro atoms. The Morgan fingerprint density at radius 2 is 1.95 bits per heavy atom. The first kappa shape index (κ1) is 14.0. The molecule has 6 nitrogen and oxygen atoms in total. The van der Waals surface area contributed by atoms with Gasteiger partial charge in [-0.05, 0) is 17.7 Å². The molecular formula is C13H10ClN3O3. The summed E-state index contributed by atoms with van der Waals surface area (Å²) in [7, 11) is 0. The number of non-ortho nitro benzene ring substituents is 1. The van der Waals surface area contributed by atoms with Gasteiger partial charge in [-0.2, -0.15) is 0 Å². The van der Waals surface area contributed by atoms with Gasteiger partial charge >= 0.3 is 0 Å². The summed E-state index contributed by atoms with van der Waals surface area (Å²) in [6.45, 7) is 0.255. The van der Waals surface area contributed by atoms with Gasteiger partial charge in [-0.15, -0.1) is 0 Å². The summed E-state index contributed by atoms with van der Waals surface area (Å²) in [6, 6.07) is 10.7. The molecule has 0 radical (unpaired) electrons. The van der Waals surface area contributed by atoms with Crippen molar-refractivity contribution in [2.45, 2.75) is 6.54 Å². The third-order valence-corrected chi connectivity index (χ3v) is 2.76. The number of hydrogen-bond acceptors (Lipinski definition) is 4. The number of benzene rings is 1. The summed E-state index contributed by atoms with van der Waals surface area (Å²) in [5.74, 6) is -0.356. The quantitative estimate of drug-likeness (QED) is 0.533. The van der Waals surface area contributed by atoms with Crippen LogP contribution in [-0.4, -0.2) is 15.8 Å². The third kappa shape index (κ3) is 3.52. The molecule has 0 atom stereocenters. The molecule has 0 aliphatic heterocycles. The predicted molar refractivity (Wildman–Crippen MR) is 73.5 cm³/mol. The molecule has 102 valence electrons. The number of nitro groups is 1. The van der Waals surface area contributed by atoms with Crippen molar-refractivity contribution in [3.05, 3.63) is 69.0 Å². The lowest BCUT2D eigenvalue weighted by atomic mass is 10.2. The maximum Gasteiger partial charge on any atom is 0.270 e. The molecule has 1 amide bonds. The van der Waals surface area contributed by atoms with E-state index in [9.17, 15) is 14.9 Å². The number of pyridine rings is 1. The van der Waals surface area contributed by atoms with Crippen molar-refractivity contribution in [2.75, 3.05) is 0 Å². The molecule has 7 heteroatoms. The van der Waals surface area contributed by atoms with E-state index in [0.717, 1.165) is 5.56 Å². The number of nitrogens with zero attached hydrogens (tertiary/aromatic N) is 2. The standard InChI is InChI=1S/C13H10ClN3O3/c14-12-3-1-2-11(16-12)13(18)15-8-9-4-6-10(7-5-9)17(19)20/h1-7H,8H2,(H,15,18). The zero-order valence-corrected chi connectivity index (χ0v) is 11.0. The maximum atomic E-state index is 11.8. The number of amides is 1. The summed E-state index contributed by atoms with van der Waals surface area (Å²) in [5, 5.41) is 13.4. The molecule has 2 aromatic rings. The van der Waals surface area contributed by atoms with Crippen molar-refractivity contribution in [3.8, 4) is 0 Å². The number of hydrogen-bond donors (Lipinski definition) is 1. The molecule has 20 heavy (non-hydrogen) atoms. The average molecular weight is 292 g/mol. The normalized spacial score (nSPS) is 10.1. The average Bonchev–Trinajstić information content (AvgIpc) is 2.45. The summed E-state index contributed by atoms with van der Waals surface area (Å²) in [6.07, 6.45) is 0. The molecule has 1 aromatic heterocycles. The molecule has 1 aromatic carbocycles. The molecule has 0 saturated carbocycles. The second-order valence-electron chi connectivity index (χ2n) is 3.95. The zero-order chi connectivity index (χ0) is 14.5. The molecule has 0 fully saturated rings. The lowest BCUT2D eigenvalue weighted by Crippen LogP contribution is -2.23. The monoisotopic (exact) mass is 291 g/mol. The van der Waals surface area contributed by atoms with Crippen LogP contribution in [0.25, 0.3) is 0 Å². The van der Waals surface area contributed by atoms with E-state index < -0.39 is 4.92 Å². The van der Waals surface area contributed by atoms with Gasteiger partial charge in [0.1, 0.15) is 10.8 Å². The van der Waals surface area contributed by atoms with Crippen LogP contribution in [0.3, 0.4) is 0 Å². The largest absolute Gasteiger partial charge is 0.347 e. The van der Waals surface area contributed by atoms with Crippen LogP contribution in [0.2, 0.25) is 5.15 Å². The fourth-order valence-corrected chi connectivity index (χ4v) is 1.71. The Balaban J connectivity index is 1.98. The maximum absolute atomic E-state index is 11.8. The van der Waals surface area contributed by atoms with Crippen LogP contribution in [0.4, 0.5) is 5.69 Å². The van der Waals surface area contributed by atoms with Crippen molar-refractivity contribution in [1.29, 1.82) is 0 Å². The van der Waals surface area contributed by atoms with E-state index in [1.807, 2.05) is 0 Å². The molecule has 0 aliphatic rings. The second-order valence-corrected chi connectivity index (χ2v) is 4.34. The van der Waals surface area contributed by atoms with Gasteiger partial charge in [-0.1, -0.05) is 29.8 Å². The van der Waals surface area contributed by atoms with Gasteiger partial charge in [0, 0.05) is 18.7 Å². The molecule has 1 heterocycles. The number of carbonyl (C=O) groups is 1. The van der Waals surface area contributed by atoms with Crippen molar-refractivity contribution in [2.24, 2.45) is 0 Å². The summed E-state index contributed by atoms with van der Waals surface area (Å²) in [5.41, 5.74) is 0.988. The first-order valence-electron chi connectivity index (χ1n) is 5.70. The zero-order valence-electron chi connectivity index (χ0n) is 10.2. The number of aromatic nitrogens is 1. The molecule has 0 bridgehead atoms. The molecule has 0 aliphatic carbocycles. The highest BCUT2D eigenvalue weighted by Gasteiger charge is 2.08. The predicted octanol–water partition coefficient (Wildman–Crippen LogP) is 2.57. The number of halogens is 1. The number of carbonyl (C=O) groups excluding carboxylic acids is 1. The van der Waals surface area contributed by atoms with Gasteiger partial charge in [0.25, 0.3) is 11.6 Å². The van der Waals surface area contributed by atoms with Crippen LogP contribution in [-0.2, 0) is 6.54 Å². The van der Waals surface area contributed by atoms with Crippen molar-refractivity contribution in [3.63, 3.8) is 0 Å². The fraction of sp³-hybridized carbons (Fsp3) is 0.0769. The second kappa shape index (κ2) is 6.12. The first-order valence-corrected chi connectivity index (χ1v) is 6.08. The minimum absolute atomic E-state index is 0.0107. The molecular weight excluding hydrogens is 282 g/mol. The van der Waals surface area contributed by atoms with Crippen LogP contribution in [0.15, 0.2) is 42.5 Å². The lowest BCUT2D eigenvalue weighted by molar-refractivity contribution is -0.384. The Bertz CT molecular complexity index is 644. The van der Waals surface area contributed by atoms with Crippen molar-refractivity contribution < 1.29 is 9.72 Å². The van der Waals surface area contributed by atoms with Crippen molar-refractivity contribution in [1.82, 2.24) is 10.3 Å². The van der Waals surface area contributed by atoms with Crippen LogP contribution < -0.4 is 5.32 Å². The molecule has 2 rings (SSSR count). The van der Waals surface area contributed by atoms with E-state index in [0.29, 0.717) is 0 Å². The van der Waals surface area contributed by atoms with E-state index in [2.05, 4.69) is 10.3 Å². The highest BCUT2D eigenvalue weighted by molar-refractivity contribution is 6.29. The molecule has 1 N–H and O–H groups in total. The highest BCUT2D eigenvalue weighted by atomic mass is 35.5. The number of nitro benzene ring substituents is 1. The van der Waals surface area contributed by atoms with Gasteiger partial charge in [-0.3, -0.25) is 14.9 Å².